The number of aromatic nitrogens is 3. The average Bonchev–Trinajstić information content (AvgIpc) is 3.25. The first-order chi connectivity index (χ1) is 16.5. The smallest absolute Gasteiger partial charge is 0.234 e. The molecule has 0 aliphatic heterocycles. The van der Waals surface area contributed by atoms with E-state index in [4.69, 9.17) is 16.3 Å². The number of nitrogens with zero attached hydrogens (tertiary/aromatic N) is 3. The maximum Gasteiger partial charge on any atom is 0.234 e. The fourth-order valence-electron chi connectivity index (χ4n) is 3.27. The summed E-state index contributed by atoms with van der Waals surface area (Å²) >= 11 is 7.65. The molecule has 0 saturated carbocycles. The highest BCUT2D eigenvalue weighted by atomic mass is 35.5. The lowest BCUT2D eigenvalue weighted by atomic mass is 10.2. The first kappa shape index (κ1) is 23.8. The minimum Gasteiger partial charge on any atom is -0.494 e. The van der Waals surface area contributed by atoms with Gasteiger partial charge in [-0.2, -0.15) is 0 Å². The van der Waals surface area contributed by atoms with Crippen molar-refractivity contribution < 1.29 is 13.9 Å². The van der Waals surface area contributed by atoms with Gasteiger partial charge in [0.1, 0.15) is 11.6 Å². The predicted octanol–water partition coefficient (Wildman–Crippen LogP) is 6.16. The summed E-state index contributed by atoms with van der Waals surface area (Å²) in [5.74, 6) is 0.711. The quantitative estimate of drug-likeness (QED) is 0.296. The zero-order chi connectivity index (χ0) is 24.1. The van der Waals surface area contributed by atoms with E-state index in [0.29, 0.717) is 33.9 Å². The zero-order valence-corrected chi connectivity index (χ0v) is 20.2. The van der Waals surface area contributed by atoms with Gasteiger partial charge in [0, 0.05) is 16.9 Å². The third kappa shape index (κ3) is 5.40. The molecule has 1 amide bonds. The van der Waals surface area contributed by atoms with Crippen molar-refractivity contribution in [2.75, 3.05) is 17.7 Å². The number of thioether (sulfide) groups is 1. The SMILES string of the molecule is CCOc1ccc(-n2c(SCC(=O)Nc3ccc(C)c(F)c3)nnc2-c2ccccc2Cl)cc1. The van der Waals surface area contributed by atoms with Gasteiger partial charge in [0.25, 0.3) is 0 Å². The molecule has 3 aromatic carbocycles. The zero-order valence-electron chi connectivity index (χ0n) is 18.6. The van der Waals surface area contributed by atoms with Crippen molar-refractivity contribution in [3.05, 3.63) is 83.1 Å². The van der Waals surface area contributed by atoms with Crippen LogP contribution < -0.4 is 10.1 Å². The van der Waals surface area contributed by atoms with Crippen LogP contribution >= 0.6 is 23.4 Å². The summed E-state index contributed by atoms with van der Waals surface area (Å²) in [6.45, 7) is 4.16. The molecule has 4 aromatic rings. The van der Waals surface area contributed by atoms with Gasteiger partial charge in [-0.05, 0) is 67.9 Å². The number of ether oxygens (including phenoxy) is 1. The molecule has 1 N–H and O–H groups in total. The van der Waals surface area contributed by atoms with Crippen molar-refractivity contribution in [1.82, 2.24) is 14.8 Å². The van der Waals surface area contributed by atoms with Gasteiger partial charge < -0.3 is 10.1 Å². The van der Waals surface area contributed by atoms with Crippen molar-refractivity contribution in [3.8, 4) is 22.8 Å². The van der Waals surface area contributed by atoms with Crippen molar-refractivity contribution >= 4 is 35.0 Å². The molecule has 174 valence electrons. The second-order valence-electron chi connectivity index (χ2n) is 7.35. The Morgan fingerprint density at radius 3 is 2.59 bits per heavy atom. The number of amides is 1. The highest BCUT2D eigenvalue weighted by Gasteiger charge is 2.19. The number of nitrogens with one attached hydrogen (secondary N) is 1. The van der Waals surface area contributed by atoms with Crippen LogP contribution in [0.2, 0.25) is 5.02 Å². The van der Waals surface area contributed by atoms with Crippen LogP contribution in [0.5, 0.6) is 5.75 Å². The highest BCUT2D eigenvalue weighted by Crippen LogP contribution is 2.32. The second-order valence-corrected chi connectivity index (χ2v) is 8.70. The minimum absolute atomic E-state index is 0.0627. The molecule has 1 aromatic heterocycles. The summed E-state index contributed by atoms with van der Waals surface area (Å²) in [7, 11) is 0. The summed E-state index contributed by atoms with van der Waals surface area (Å²) < 4.78 is 21.2. The van der Waals surface area contributed by atoms with Crippen LogP contribution in [0.4, 0.5) is 10.1 Å². The second kappa shape index (κ2) is 10.7. The van der Waals surface area contributed by atoms with E-state index >= 15 is 0 Å². The van der Waals surface area contributed by atoms with Crippen LogP contribution in [0.3, 0.4) is 0 Å². The molecule has 0 fully saturated rings. The largest absolute Gasteiger partial charge is 0.494 e. The molecule has 0 radical (unpaired) electrons. The Hall–Kier alpha value is -3.36. The lowest BCUT2D eigenvalue weighted by Gasteiger charge is -2.12. The summed E-state index contributed by atoms with van der Waals surface area (Å²) in [5.41, 5.74) is 2.44. The van der Waals surface area contributed by atoms with Gasteiger partial charge in [0.2, 0.25) is 5.91 Å². The molecule has 0 saturated heterocycles. The topological polar surface area (TPSA) is 69.0 Å². The lowest BCUT2D eigenvalue weighted by molar-refractivity contribution is -0.113. The number of halogens is 2. The maximum absolute atomic E-state index is 13.8. The third-order valence-corrected chi connectivity index (χ3v) is 6.20. The number of anilines is 1. The minimum atomic E-state index is -0.370. The van der Waals surface area contributed by atoms with Crippen LogP contribution in [0.15, 0.2) is 71.9 Å². The molecular weight excluding hydrogens is 475 g/mol. The molecule has 0 atom stereocenters. The summed E-state index contributed by atoms with van der Waals surface area (Å²) in [4.78, 5) is 12.5. The number of carbonyl (C=O) groups excluding carboxylic acids is 1. The molecule has 0 aliphatic carbocycles. The highest BCUT2D eigenvalue weighted by molar-refractivity contribution is 7.99. The normalized spacial score (nSPS) is 10.8. The standard InChI is InChI=1S/C25H22ClFN4O2S/c1-3-33-19-12-10-18(11-13-19)31-24(20-6-4-5-7-21(20)26)29-30-25(31)34-15-23(32)28-17-9-8-16(2)22(27)14-17/h4-14H,3,15H2,1-2H3,(H,28,32). The summed E-state index contributed by atoms with van der Waals surface area (Å²) in [6.07, 6.45) is 0. The van der Waals surface area contributed by atoms with Crippen molar-refractivity contribution in [2.45, 2.75) is 19.0 Å². The molecule has 34 heavy (non-hydrogen) atoms. The number of carbonyl (C=O) groups is 1. The van der Waals surface area contributed by atoms with E-state index in [-0.39, 0.29) is 17.5 Å². The van der Waals surface area contributed by atoms with Crippen LogP contribution in [0.25, 0.3) is 17.1 Å². The molecule has 0 spiro atoms. The van der Waals surface area contributed by atoms with Gasteiger partial charge in [0.15, 0.2) is 11.0 Å². The molecular formula is C25H22ClFN4O2S. The third-order valence-electron chi connectivity index (χ3n) is 4.94. The number of hydrogen-bond donors (Lipinski definition) is 1. The Morgan fingerprint density at radius 1 is 1.12 bits per heavy atom. The van der Waals surface area contributed by atoms with E-state index < -0.39 is 0 Å². The molecule has 6 nitrogen and oxygen atoms in total. The first-order valence-corrected chi connectivity index (χ1v) is 11.9. The van der Waals surface area contributed by atoms with Crippen molar-refractivity contribution in [3.63, 3.8) is 0 Å². The van der Waals surface area contributed by atoms with Gasteiger partial charge >= 0.3 is 0 Å². The molecule has 9 heteroatoms. The van der Waals surface area contributed by atoms with Crippen molar-refractivity contribution in [2.24, 2.45) is 0 Å². The van der Waals surface area contributed by atoms with E-state index in [1.807, 2.05) is 54.0 Å². The van der Waals surface area contributed by atoms with Gasteiger partial charge in [-0.15, -0.1) is 10.2 Å². The van der Waals surface area contributed by atoms with E-state index in [2.05, 4.69) is 15.5 Å². The molecule has 1 heterocycles. The van der Waals surface area contributed by atoms with Gasteiger partial charge in [-0.1, -0.05) is 41.6 Å². The average molecular weight is 497 g/mol. The Bertz CT molecular complexity index is 1310. The first-order valence-electron chi connectivity index (χ1n) is 10.6. The Morgan fingerprint density at radius 2 is 1.88 bits per heavy atom. The Labute approximate surface area is 206 Å². The van der Waals surface area contributed by atoms with Crippen LogP contribution in [0.1, 0.15) is 12.5 Å². The van der Waals surface area contributed by atoms with E-state index in [0.717, 1.165) is 17.0 Å². The fraction of sp³-hybridized carbons (Fsp3) is 0.160. The van der Waals surface area contributed by atoms with Crippen LogP contribution in [0, 0.1) is 12.7 Å². The monoisotopic (exact) mass is 496 g/mol. The summed E-state index contributed by atoms with van der Waals surface area (Å²) in [5, 5.41) is 12.5. The van der Waals surface area contributed by atoms with E-state index in [9.17, 15) is 9.18 Å². The maximum atomic E-state index is 13.8. The molecule has 4 rings (SSSR count). The van der Waals surface area contributed by atoms with Crippen LogP contribution in [-0.2, 0) is 4.79 Å². The lowest BCUT2D eigenvalue weighted by Crippen LogP contribution is -2.14. The number of aryl methyl sites for hydroxylation is 1. The summed E-state index contributed by atoms with van der Waals surface area (Å²) in [6, 6.07) is 19.5. The molecule has 0 unspecified atom stereocenters. The van der Waals surface area contributed by atoms with E-state index in [1.165, 1.54) is 17.8 Å². The molecule has 0 aliphatic rings. The number of benzene rings is 3. The van der Waals surface area contributed by atoms with Crippen LogP contribution in [-0.4, -0.2) is 33.0 Å². The van der Waals surface area contributed by atoms with Gasteiger partial charge in [-0.3, -0.25) is 9.36 Å². The fourth-order valence-corrected chi connectivity index (χ4v) is 4.24. The predicted molar refractivity (Wildman–Crippen MR) is 133 cm³/mol. The van der Waals surface area contributed by atoms with Crippen molar-refractivity contribution in [1.29, 1.82) is 0 Å². The van der Waals surface area contributed by atoms with Gasteiger partial charge in [0.05, 0.1) is 17.4 Å². The Kier molecular flexibility index (Phi) is 7.49. The number of hydrogen-bond acceptors (Lipinski definition) is 5. The Balaban J connectivity index is 1.61. The van der Waals surface area contributed by atoms with Gasteiger partial charge in [-0.25, -0.2) is 4.39 Å². The molecule has 0 bridgehead atoms. The van der Waals surface area contributed by atoms with E-state index in [1.54, 1.807) is 25.1 Å². The number of rotatable bonds is 8.